The first-order valence-electron chi connectivity index (χ1n) is 7.89. The number of anilines is 2. The van der Waals surface area contributed by atoms with Gasteiger partial charge in [0.25, 0.3) is 5.91 Å². The molecule has 0 aromatic heterocycles. The smallest absolute Gasteiger partial charge is 0.328 e. The summed E-state index contributed by atoms with van der Waals surface area (Å²) >= 11 is 6.04. The van der Waals surface area contributed by atoms with Gasteiger partial charge in [-0.25, -0.2) is 4.79 Å². The third-order valence-corrected chi connectivity index (χ3v) is 3.85. The molecule has 2 rings (SSSR count). The normalized spacial score (nSPS) is 10.4. The van der Waals surface area contributed by atoms with Crippen LogP contribution in [-0.2, 0) is 9.59 Å². The second-order valence-corrected chi connectivity index (χ2v) is 5.75. The molecule has 3 N–H and O–H groups in total. The molecule has 0 aliphatic rings. The van der Waals surface area contributed by atoms with Gasteiger partial charge in [0.05, 0.1) is 36.2 Å². The van der Waals surface area contributed by atoms with Crippen LogP contribution in [0.5, 0.6) is 11.5 Å². The van der Waals surface area contributed by atoms with Gasteiger partial charge in [0, 0.05) is 24.3 Å². The van der Waals surface area contributed by atoms with Crippen LogP contribution in [0.15, 0.2) is 48.6 Å². The molecule has 2 aromatic carbocycles. The molecule has 0 unspecified atom stereocenters. The molecule has 0 fully saturated rings. The van der Waals surface area contributed by atoms with Crippen LogP contribution in [0.1, 0.15) is 10.4 Å². The Morgan fingerprint density at radius 1 is 0.964 bits per heavy atom. The van der Waals surface area contributed by atoms with E-state index < -0.39 is 17.8 Å². The van der Waals surface area contributed by atoms with Crippen molar-refractivity contribution in [3.8, 4) is 11.5 Å². The van der Waals surface area contributed by atoms with E-state index in [1.807, 2.05) is 0 Å². The summed E-state index contributed by atoms with van der Waals surface area (Å²) in [4.78, 5) is 34.8. The average molecular weight is 405 g/mol. The van der Waals surface area contributed by atoms with Crippen molar-refractivity contribution < 1.29 is 29.0 Å². The Labute approximate surface area is 165 Å². The number of methoxy groups -OCH3 is 2. The van der Waals surface area contributed by atoms with Crippen LogP contribution in [0, 0.1) is 0 Å². The van der Waals surface area contributed by atoms with E-state index in [0.717, 1.165) is 6.08 Å². The lowest BCUT2D eigenvalue weighted by molar-refractivity contribution is -0.131. The Kier molecular flexibility index (Phi) is 7.00. The minimum absolute atomic E-state index is 0.229. The maximum Gasteiger partial charge on any atom is 0.328 e. The number of ether oxygens (including phenoxy) is 2. The molecule has 28 heavy (non-hydrogen) atoms. The number of carboxylic acids is 1. The molecule has 2 amide bonds. The van der Waals surface area contributed by atoms with E-state index in [9.17, 15) is 14.4 Å². The molecular formula is C19H17ClN2O6. The van der Waals surface area contributed by atoms with E-state index in [-0.39, 0.29) is 22.7 Å². The number of hydrogen-bond donors (Lipinski definition) is 3. The average Bonchev–Trinajstić information content (AvgIpc) is 2.67. The summed E-state index contributed by atoms with van der Waals surface area (Å²) in [6.45, 7) is 0. The molecule has 2 aromatic rings. The maximum atomic E-state index is 12.5. The number of aliphatic carboxylic acids is 1. The Hall–Kier alpha value is -3.52. The number of carbonyl (C=O) groups is 3. The van der Waals surface area contributed by atoms with Crippen molar-refractivity contribution in [1.29, 1.82) is 0 Å². The third-order valence-electron chi connectivity index (χ3n) is 3.52. The van der Waals surface area contributed by atoms with E-state index in [4.69, 9.17) is 26.2 Å². The van der Waals surface area contributed by atoms with Crippen molar-refractivity contribution in [2.45, 2.75) is 0 Å². The molecule has 146 valence electrons. The first-order chi connectivity index (χ1) is 13.3. The van der Waals surface area contributed by atoms with Crippen molar-refractivity contribution in [3.63, 3.8) is 0 Å². The molecule has 0 spiro atoms. The Bertz CT molecular complexity index is 942. The van der Waals surface area contributed by atoms with E-state index in [2.05, 4.69) is 10.6 Å². The van der Waals surface area contributed by atoms with Crippen LogP contribution < -0.4 is 20.1 Å². The second-order valence-electron chi connectivity index (χ2n) is 5.35. The van der Waals surface area contributed by atoms with Crippen LogP contribution in [0.3, 0.4) is 0 Å². The summed E-state index contributed by atoms with van der Waals surface area (Å²) < 4.78 is 10.5. The number of halogens is 1. The third kappa shape index (κ3) is 5.24. The zero-order valence-corrected chi connectivity index (χ0v) is 15.7. The molecule has 9 heteroatoms. The van der Waals surface area contributed by atoms with E-state index >= 15 is 0 Å². The number of carbonyl (C=O) groups excluding carboxylic acids is 2. The lowest BCUT2D eigenvalue weighted by atomic mass is 10.2. The number of nitrogens with one attached hydrogen (secondary N) is 2. The maximum absolute atomic E-state index is 12.5. The minimum atomic E-state index is -1.25. The van der Waals surface area contributed by atoms with E-state index in [0.29, 0.717) is 16.8 Å². The van der Waals surface area contributed by atoms with Crippen LogP contribution in [0.4, 0.5) is 11.4 Å². The SMILES string of the molecule is COc1cc(NC(=O)c2ccccc2Cl)c(OC)cc1NC(=O)/C=C/C(=O)O. The van der Waals surface area contributed by atoms with Crippen molar-refractivity contribution in [2.75, 3.05) is 24.9 Å². The Morgan fingerprint density at radius 2 is 1.54 bits per heavy atom. The predicted molar refractivity (Wildman–Crippen MR) is 104 cm³/mol. The van der Waals surface area contributed by atoms with Gasteiger partial charge in [-0.05, 0) is 12.1 Å². The summed E-state index contributed by atoms with van der Waals surface area (Å²) in [7, 11) is 2.77. The summed E-state index contributed by atoms with van der Waals surface area (Å²) in [5.41, 5.74) is 0.805. The molecule has 0 bridgehead atoms. The van der Waals surface area contributed by atoms with Crippen LogP contribution in [0.2, 0.25) is 5.02 Å². The van der Waals surface area contributed by atoms with Gasteiger partial charge >= 0.3 is 5.97 Å². The highest BCUT2D eigenvalue weighted by Crippen LogP contribution is 2.37. The fourth-order valence-corrected chi connectivity index (χ4v) is 2.47. The van der Waals surface area contributed by atoms with Crippen molar-refractivity contribution >= 4 is 40.8 Å². The first kappa shape index (κ1) is 20.8. The number of amides is 2. The standard InChI is InChI=1S/C19H17ClN2O6/c1-27-15-10-14(22-19(26)11-5-3-4-6-12(11)20)16(28-2)9-13(15)21-17(23)7-8-18(24)25/h3-10H,1-2H3,(H,21,23)(H,22,26)(H,24,25)/b8-7+. The van der Waals surface area contributed by atoms with Crippen LogP contribution >= 0.6 is 11.6 Å². The number of carboxylic acid groups (broad SMARTS) is 1. The first-order valence-corrected chi connectivity index (χ1v) is 8.27. The van der Waals surface area contributed by atoms with E-state index in [1.54, 1.807) is 24.3 Å². The van der Waals surface area contributed by atoms with Gasteiger partial charge in [-0.1, -0.05) is 23.7 Å². The zero-order valence-electron chi connectivity index (χ0n) is 15.0. The Morgan fingerprint density at radius 3 is 2.07 bits per heavy atom. The van der Waals surface area contributed by atoms with Crippen molar-refractivity contribution in [1.82, 2.24) is 0 Å². The fraction of sp³-hybridized carbons (Fsp3) is 0.105. The molecule has 8 nitrogen and oxygen atoms in total. The topological polar surface area (TPSA) is 114 Å². The second kappa shape index (κ2) is 9.43. The lowest BCUT2D eigenvalue weighted by Crippen LogP contribution is -2.14. The molecule has 0 saturated heterocycles. The fourth-order valence-electron chi connectivity index (χ4n) is 2.25. The van der Waals surface area contributed by atoms with Crippen LogP contribution in [-0.4, -0.2) is 37.1 Å². The molecule has 0 aliphatic heterocycles. The highest BCUT2D eigenvalue weighted by atomic mass is 35.5. The summed E-state index contributed by atoms with van der Waals surface area (Å²) in [5, 5.41) is 14.0. The summed E-state index contributed by atoms with van der Waals surface area (Å²) in [6, 6.07) is 9.46. The summed E-state index contributed by atoms with van der Waals surface area (Å²) in [5.74, 6) is -1.90. The monoisotopic (exact) mass is 404 g/mol. The summed E-state index contributed by atoms with van der Waals surface area (Å²) in [6.07, 6.45) is 1.57. The van der Waals surface area contributed by atoms with Gasteiger partial charge < -0.3 is 25.2 Å². The van der Waals surface area contributed by atoms with Crippen molar-refractivity contribution in [3.05, 3.63) is 59.1 Å². The van der Waals surface area contributed by atoms with E-state index in [1.165, 1.54) is 26.4 Å². The molecule has 0 radical (unpaired) electrons. The molecular weight excluding hydrogens is 388 g/mol. The number of benzene rings is 2. The zero-order chi connectivity index (χ0) is 20.7. The molecule has 0 atom stereocenters. The van der Waals surface area contributed by atoms with Gasteiger partial charge in [0.1, 0.15) is 11.5 Å². The highest BCUT2D eigenvalue weighted by molar-refractivity contribution is 6.34. The lowest BCUT2D eigenvalue weighted by Gasteiger charge is -2.16. The highest BCUT2D eigenvalue weighted by Gasteiger charge is 2.17. The number of hydrogen-bond acceptors (Lipinski definition) is 5. The largest absolute Gasteiger partial charge is 0.494 e. The molecule has 0 saturated carbocycles. The predicted octanol–water partition coefficient (Wildman–Crippen LogP) is 3.19. The van der Waals surface area contributed by atoms with Gasteiger partial charge in [-0.3, -0.25) is 9.59 Å². The van der Waals surface area contributed by atoms with Gasteiger partial charge in [-0.2, -0.15) is 0 Å². The quantitative estimate of drug-likeness (QED) is 0.610. The Balaban J connectivity index is 2.31. The molecule has 0 aliphatic carbocycles. The number of rotatable bonds is 7. The molecule has 0 heterocycles. The van der Waals surface area contributed by atoms with Gasteiger partial charge in [0.2, 0.25) is 5.91 Å². The van der Waals surface area contributed by atoms with Gasteiger partial charge in [0.15, 0.2) is 0 Å². The van der Waals surface area contributed by atoms with Crippen LogP contribution in [0.25, 0.3) is 0 Å². The van der Waals surface area contributed by atoms with Gasteiger partial charge in [-0.15, -0.1) is 0 Å². The minimum Gasteiger partial charge on any atom is -0.494 e. The van der Waals surface area contributed by atoms with Crippen molar-refractivity contribution in [2.24, 2.45) is 0 Å².